The van der Waals surface area contributed by atoms with E-state index < -0.39 is 23.9 Å². The van der Waals surface area contributed by atoms with Gasteiger partial charge in [-0.25, -0.2) is 0 Å². The highest BCUT2D eigenvalue weighted by Crippen LogP contribution is 2.30. The smallest absolute Gasteiger partial charge is 0.416 e. The first-order chi connectivity index (χ1) is 12.7. The number of ether oxygens (including phenoxy) is 1. The molecule has 0 radical (unpaired) electrons. The molecule has 2 atom stereocenters. The summed E-state index contributed by atoms with van der Waals surface area (Å²) < 4.78 is 42.8. The van der Waals surface area contributed by atoms with Crippen LogP contribution in [-0.4, -0.2) is 42.2 Å². The van der Waals surface area contributed by atoms with Crippen molar-refractivity contribution < 1.29 is 27.8 Å². The predicted molar refractivity (Wildman–Crippen MR) is 101 cm³/mol. The Labute approximate surface area is 167 Å². The van der Waals surface area contributed by atoms with Crippen LogP contribution in [0.4, 0.5) is 13.2 Å². The van der Waals surface area contributed by atoms with Crippen molar-refractivity contribution in [1.29, 1.82) is 0 Å². The molecule has 0 heterocycles. The molecule has 154 valence electrons. The van der Waals surface area contributed by atoms with Gasteiger partial charge in [0.05, 0.1) is 5.56 Å². The maximum absolute atomic E-state index is 12.5. The van der Waals surface area contributed by atoms with Gasteiger partial charge in [-0.3, -0.25) is 4.79 Å². The average molecular weight is 419 g/mol. The van der Waals surface area contributed by atoms with Gasteiger partial charge in [0, 0.05) is 13.6 Å². The van der Waals surface area contributed by atoms with Crippen molar-refractivity contribution in [2.45, 2.75) is 18.3 Å². The van der Waals surface area contributed by atoms with Crippen LogP contribution in [0, 0.1) is 0 Å². The van der Waals surface area contributed by atoms with Crippen molar-refractivity contribution in [2.75, 3.05) is 20.2 Å². The molecule has 3 N–H and O–H groups in total. The van der Waals surface area contributed by atoms with E-state index in [9.17, 15) is 23.1 Å². The van der Waals surface area contributed by atoms with Crippen LogP contribution in [0.1, 0.15) is 17.2 Å². The molecule has 0 fully saturated rings. The van der Waals surface area contributed by atoms with Gasteiger partial charge in [0.2, 0.25) is 5.91 Å². The second-order valence-electron chi connectivity index (χ2n) is 6.09. The molecule has 0 aliphatic carbocycles. The lowest BCUT2D eigenvalue weighted by Gasteiger charge is -2.24. The summed E-state index contributed by atoms with van der Waals surface area (Å²) in [6, 6.07) is 12.1. The van der Waals surface area contributed by atoms with Gasteiger partial charge in [-0.1, -0.05) is 30.3 Å². The molecule has 2 unspecified atom stereocenters. The molecule has 0 aromatic heterocycles. The van der Waals surface area contributed by atoms with Crippen LogP contribution < -0.4 is 10.5 Å². The molecule has 0 bridgehead atoms. The van der Waals surface area contributed by atoms with Crippen molar-refractivity contribution in [2.24, 2.45) is 5.73 Å². The molecule has 2 rings (SSSR count). The quantitative estimate of drug-likeness (QED) is 0.724. The summed E-state index contributed by atoms with van der Waals surface area (Å²) in [6.45, 7) is -0.205. The molecule has 0 aliphatic heterocycles. The molecular formula is C19H22ClF3N2O3. The summed E-state index contributed by atoms with van der Waals surface area (Å²) in [4.78, 5) is 13.6. The molecule has 0 saturated carbocycles. The summed E-state index contributed by atoms with van der Waals surface area (Å²) in [5.74, 6) is -0.174. The van der Waals surface area contributed by atoms with Crippen LogP contribution in [0.25, 0.3) is 0 Å². The van der Waals surface area contributed by atoms with Gasteiger partial charge in [0.25, 0.3) is 0 Å². The van der Waals surface area contributed by atoms with E-state index in [1.807, 2.05) is 6.07 Å². The first-order valence-electron chi connectivity index (χ1n) is 8.22. The van der Waals surface area contributed by atoms with Gasteiger partial charge in [0.1, 0.15) is 24.5 Å². The molecule has 28 heavy (non-hydrogen) atoms. The number of benzene rings is 2. The topological polar surface area (TPSA) is 75.8 Å². The van der Waals surface area contributed by atoms with Crippen molar-refractivity contribution in [3.05, 3.63) is 65.7 Å². The third-order valence-electron chi connectivity index (χ3n) is 3.91. The zero-order chi connectivity index (χ0) is 20.0. The highest BCUT2D eigenvalue weighted by atomic mass is 35.5. The van der Waals surface area contributed by atoms with Gasteiger partial charge in [-0.2, -0.15) is 13.2 Å². The molecule has 2 aromatic carbocycles. The molecule has 2 aromatic rings. The molecule has 0 aliphatic rings. The summed E-state index contributed by atoms with van der Waals surface area (Å²) in [6.07, 6.45) is -5.44. The Balaban J connectivity index is 0.00000392. The fourth-order valence-corrected chi connectivity index (χ4v) is 2.43. The van der Waals surface area contributed by atoms with Gasteiger partial charge in [-0.15, -0.1) is 12.4 Å². The van der Waals surface area contributed by atoms with Crippen molar-refractivity contribution in [3.8, 4) is 5.75 Å². The number of amides is 1. The fraction of sp³-hybridized carbons (Fsp3) is 0.316. The van der Waals surface area contributed by atoms with E-state index >= 15 is 0 Å². The van der Waals surface area contributed by atoms with Crippen LogP contribution in [0.5, 0.6) is 5.75 Å². The van der Waals surface area contributed by atoms with Crippen LogP contribution in [0.15, 0.2) is 54.6 Å². The monoisotopic (exact) mass is 418 g/mol. The Hall–Kier alpha value is -2.29. The summed E-state index contributed by atoms with van der Waals surface area (Å²) in [5.41, 5.74) is 5.81. The zero-order valence-electron chi connectivity index (χ0n) is 15.1. The lowest BCUT2D eigenvalue weighted by molar-refractivity contribution is -0.137. The number of hydrogen-bond acceptors (Lipinski definition) is 4. The fourth-order valence-electron chi connectivity index (χ4n) is 2.43. The number of carbonyl (C=O) groups excluding carboxylic acids is 1. The van der Waals surface area contributed by atoms with E-state index in [-0.39, 0.29) is 37.2 Å². The molecule has 1 amide bonds. The number of aliphatic hydroxyl groups excluding tert-OH is 1. The maximum Gasteiger partial charge on any atom is 0.416 e. The third-order valence-corrected chi connectivity index (χ3v) is 3.91. The number of alkyl halides is 3. The van der Waals surface area contributed by atoms with Gasteiger partial charge in [0.15, 0.2) is 0 Å². The van der Waals surface area contributed by atoms with Crippen LogP contribution in [0.3, 0.4) is 0 Å². The molecule has 5 nitrogen and oxygen atoms in total. The van der Waals surface area contributed by atoms with E-state index in [4.69, 9.17) is 10.5 Å². The minimum atomic E-state index is -4.42. The second kappa shape index (κ2) is 10.3. The normalized spacial score (nSPS) is 13.2. The summed E-state index contributed by atoms with van der Waals surface area (Å²) in [7, 11) is 1.51. The molecule has 0 spiro atoms. The van der Waals surface area contributed by atoms with Crippen molar-refractivity contribution >= 4 is 18.3 Å². The van der Waals surface area contributed by atoms with E-state index in [1.54, 1.807) is 24.3 Å². The first kappa shape index (κ1) is 23.7. The minimum Gasteiger partial charge on any atom is -0.491 e. The predicted octanol–water partition coefficient (Wildman–Crippen LogP) is 3.03. The van der Waals surface area contributed by atoms with Crippen LogP contribution in [0.2, 0.25) is 0 Å². The molecular weight excluding hydrogens is 397 g/mol. The Bertz CT molecular complexity index is 742. The number of rotatable bonds is 7. The number of nitrogens with zero attached hydrogens (tertiary/aromatic N) is 1. The second-order valence-corrected chi connectivity index (χ2v) is 6.09. The van der Waals surface area contributed by atoms with E-state index in [2.05, 4.69) is 0 Å². The number of carbonyl (C=O) groups is 1. The van der Waals surface area contributed by atoms with Gasteiger partial charge >= 0.3 is 6.18 Å². The maximum atomic E-state index is 12.5. The van der Waals surface area contributed by atoms with Gasteiger partial charge in [-0.05, 0) is 29.8 Å². The highest BCUT2D eigenvalue weighted by molar-refractivity contribution is 5.85. The standard InChI is InChI=1S/C19H21F3N2O3.ClH/c1-24(18(26)17(23)13-5-3-2-4-6-13)11-15(25)12-27-16-9-7-14(8-10-16)19(20,21)22;/h2-10,15,17,25H,11-12,23H2,1H3;1H. The number of likely N-dealkylation sites (N-methyl/N-ethyl adjacent to an activating group) is 1. The van der Waals surface area contributed by atoms with E-state index in [1.165, 1.54) is 24.1 Å². The zero-order valence-corrected chi connectivity index (χ0v) is 15.9. The molecule has 0 saturated heterocycles. The SMILES string of the molecule is CN(CC(O)COc1ccc(C(F)(F)F)cc1)C(=O)C(N)c1ccccc1.Cl. The molecule has 9 heteroatoms. The Morgan fingerprint density at radius 2 is 1.71 bits per heavy atom. The number of halogens is 4. The number of hydrogen-bond donors (Lipinski definition) is 2. The Kier molecular flexibility index (Phi) is 8.74. The van der Waals surface area contributed by atoms with E-state index in [0.29, 0.717) is 5.56 Å². The lowest BCUT2D eigenvalue weighted by Crippen LogP contribution is -2.41. The highest BCUT2D eigenvalue weighted by Gasteiger charge is 2.30. The lowest BCUT2D eigenvalue weighted by atomic mass is 10.1. The first-order valence-corrected chi connectivity index (χ1v) is 8.22. The minimum absolute atomic E-state index is 0. The summed E-state index contributed by atoms with van der Waals surface area (Å²) >= 11 is 0. The van der Waals surface area contributed by atoms with Crippen LogP contribution in [-0.2, 0) is 11.0 Å². The Morgan fingerprint density at radius 3 is 2.25 bits per heavy atom. The van der Waals surface area contributed by atoms with Crippen molar-refractivity contribution in [1.82, 2.24) is 4.90 Å². The van der Waals surface area contributed by atoms with Crippen molar-refractivity contribution in [3.63, 3.8) is 0 Å². The number of nitrogens with two attached hydrogens (primary N) is 1. The largest absolute Gasteiger partial charge is 0.491 e. The summed E-state index contributed by atoms with van der Waals surface area (Å²) in [5, 5.41) is 10.0. The Morgan fingerprint density at radius 1 is 1.14 bits per heavy atom. The van der Waals surface area contributed by atoms with E-state index in [0.717, 1.165) is 12.1 Å². The average Bonchev–Trinajstić information content (AvgIpc) is 2.65. The third kappa shape index (κ3) is 6.70. The van der Waals surface area contributed by atoms with Gasteiger partial charge < -0.3 is 20.5 Å². The van der Waals surface area contributed by atoms with Crippen LogP contribution >= 0.6 is 12.4 Å². The number of aliphatic hydroxyl groups is 1.